The van der Waals surface area contributed by atoms with Gasteiger partial charge in [-0.25, -0.2) is 4.39 Å². The summed E-state index contributed by atoms with van der Waals surface area (Å²) in [7, 11) is 1.78. The van der Waals surface area contributed by atoms with Crippen molar-refractivity contribution in [3.05, 3.63) is 71.0 Å². The fourth-order valence-corrected chi connectivity index (χ4v) is 4.17. The molecule has 8 heteroatoms. The number of benzene rings is 2. The van der Waals surface area contributed by atoms with Crippen molar-refractivity contribution >= 4 is 41.7 Å². The van der Waals surface area contributed by atoms with Gasteiger partial charge in [-0.05, 0) is 22.8 Å². The van der Waals surface area contributed by atoms with E-state index < -0.39 is 0 Å². The molecule has 0 saturated carbocycles. The second-order valence-electron chi connectivity index (χ2n) is 7.15. The Kier molecular flexibility index (Phi) is 12.2. The van der Waals surface area contributed by atoms with Gasteiger partial charge in [-0.15, -0.1) is 24.0 Å². The smallest absolute Gasteiger partial charge is 0.191 e. The van der Waals surface area contributed by atoms with E-state index in [2.05, 4.69) is 44.8 Å². The van der Waals surface area contributed by atoms with Crippen LogP contribution in [0.25, 0.3) is 0 Å². The number of thioether (sulfide) groups is 1. The summed E-state index contributed by atoms with van der Waals surface area (Å²) >= 11 is 1.71. The summed E-state index contributed by atoms with van der Waals surface area (Å²) in [5.74, 6) is 2.20. The number of aliphatic imine (C=N–C) groups is 1. The van der Waals surface area contributed by atoms with E-state index in [0.29, 0.717) is 5.75 Å². The molecular formula is C23H32FIN4OS. The summed E-state index contributed by atoms with van der Waals surface area (Å²) in [5, 5.41) is 6.75. The molecule has 1 saturated heterocycles. The van der Waals surface area contributed by atoms with Crippen LogP contribution in [0.1, 0.15) is 16.7 Å². The molecule has 2 N–H and O–H groups in total. The van der Waals surface area contributed by atoms with E-state index in [0.717, 1.165) is 63.2 Å². The highest BCUT2D eigenvalue weighted by molar-refractivity contribution is 14.0. The van der Waals surface area contributed by atoms with Gasteiger partial charge in [0.2, 0.25) is 0 Å². The molecule has 5 nitrogen and oxygen atoms in total. The second kappa shape index (κ2) is 14.7. The van der Waals surface area contributed by atoms with Gasteiger partial charge in [-0.3, -0.25) is 9.89 Å². The van der Waals surface area contributed by atoms with E-state index in [4.69, 9.17) is 4.74 Å². The largest absolute Gasteiger partial charge is 0.379 e. The average molecular weight is 559 g/mol. The molecule has 0 aliphatic carbocycles. The predicted octanol–water partition coefficient (Wildman–Crippen LogP) is 3.87. The number of nitrogens with zero attached hydrogens (tertiary/aromatic N) is 2. The number of hydrogen-bond donors (Lipinski definition) is 2. The van der Waals surface area contributed by atoms with Crippen LogP contribution in [0.4, 0.5) is 4.39 Å². The molecule has 1 aliphatic rings. The standard InChI is InChI=1S/C23H31FN4OS.HI/c1-25-23(26-10-15-30-18-21-8-4-5-9-22(21)24)27-16-19-6-2-3-7-20(19)17-28-11-13-29-14-12-28;/h2-9H,10-18H2,1H3,(H2,25,26,27);1H. The first kappa shape index (κ1) is 25.9. The minimum atomic E-state index is -0.133. The molecule has 1 heterocycles. The Morgan fingerprint density at radius 2 is 1.71 bits per heavy atom. The maximum absolute atomic E-state index is 13.7. The maximum Gasteiger partial charge on any atom is 0.191 e. The van der Waals surface area contributed by atoms with E-state index in [1.54, 1.807) is 24.9 Å². The molecule has 170 valence electrons. The predicted molar refractivity (Wildman–Crippen MR) is 139 cm³/mol. The minimum absolute atomic E-state index is 0. The van der Waals surface area contributed by atoms with Crippen LogP contribution >= 0.6 is 35.7 Å². The Hall–Kier alpha value is -1.36. The molecule has 0 bridgehead atoms. The number of rotatable bonds is 9. The Bertz CT molecular complexity index is 818. The maximum atomic E-state index is 13.7. The summed E-state index contributed by atoms with van der Waals surface area (Å²) < 4.78 is 19.1. The van der Waals surface area contributed by atoms with Crippen LogP contribution in [0.15, 0.2) is 53.5 Å². The third-order valence-corrected chi connectivity index (χ3v) is 6.05. The summed E-state index contributed by atoms with van der Waals surface area (Å²) in [6, 6.07) is 15.5. The Labute approximate surface area is 206 Å². The van der Waals surface area contributed by atoms with Gasteiger partial charge in [0.1, 0.15) is 5.82 Å². The number of guanidine groups is 1. The lowest BCUT2D eigenvalue weighted by Crippen LogP contribution is -2.38. The first-order valence-corrected chi connectivity index (χ1v) is 11.5. The zero-order chi connectivity index (χ0) is 21.0. The van der Waals surface area contributed by atoms with Gasteiger partial charge in [0, 0.05) is 51.3 Å². The number of halogens is 2. The van der Waals surface area contributed by atoms with E-state index >= 15 is 0 Å². The molecule has 2 aromatic rings. The van der Waals surface area contributed by atoms with Crippen LogP contribution in [-0.2, 0) is 23.6 Å². The summed E-state index contributed by atoms with van der Waals surface area (Å²) in [4.78, 5) is 6.75. The lowest BCUT2D eigenvalue weighted by Gasteiger charge is -2.27. The van der Waals surface area contributed by atoms with Crippen LogP contribution in [0, 0.1) is 5.82 Å². The van der Waals surface area contributed by atoms with Gasteiger partial charge >= 0.3 is 0 Å². The van der Waals surface area contributed by atoms with Gasteiger partial charge in [0.25, 0.3) is 0 Å². The number of hydrogen-bond acceptors (Lipinski definition) is 4. The van der Waals surface area contributed by atoms with E-state index in [1.807, 2.05) is 12.1 Å². The third-order valence-electron chi connectivity index (χ3n) is 5.04. The monoisotopic (exact) mass is 558 g/mol. The van der Waals surface area contributed by atoms with Crippen molar-refractivity contribution < 1.29 is 9.13 Å². The molecule has 0 amide bonds. The van der Waals surface area contributed by atoms with Crippen molar-refractivity contribution in [3.63, 3.8) is 0 Å². The molecule has 0 atom stereocenters. The number of morpholine rings is 1. The average Bonchev–Trinajstić information content (AvgIpc) is 2.78. The van der Waals surface area contributed by atoms with Crippen molar-refractivity contribution in [2.24, 2.45) is 4.99 Å². The molecule has 0 unspecified atom stereocenters. The molecular weight excluding hydrogens is 526 g/mol. The highest BCUT2D eigenvalue weighted by Crippen LogP contribution is 2.15. The van der Waals surface area contributed by atoms with Gasteiger partial charge in [0.05, 0.1) is 13.2 Å². The Balaban J connectivity index is 0.00000341. The minimum Gasteiger partial charge on any atom is -0.379 e. The van der Waals surface area contributed by atoms with Crippen molar-refractivity contribution in [1.29, 1.82) is 0 Å². The molecule has 0 radical (unpaired) electrons. The summed E-state index contributed by atoms with van der Waals surface area (Å²) in [5.41, 5.74) is 3.37. The Morgan fingerprint density at radius 3 is 2.42 bits per heavy atom. The summed E-state index contributed by atoms with van der Waals surface area (Å²) in [6.45, 7) is 6.03. The molecule has 2 aromatic carbocycles. The van der Waals surface area contributed by atoms with Crippen LogP contribution in [-0.4, -0.2) is 56.5 Å². The van der Waals surface area contributed by atoms with Crippen molar-refractivity contribution in [2.75, 3.05) is 45.6 Å². The van der Waals surface area contributed by atoms with Crippen LogP contribution in [0.2, 0.25) is 0 Å². The van der Waals surface area contributed by atoms with E-state index in [-0.39, 0.29) is 29.8 Å². The highest BCUT2D eigenvalue weighted by atomic mass is 127. The van der Waals surface area contributed by atoms with Crippen LogP contribution in [0.3, 0.4) is 0 Å². The van der Waals surface area contributed by atoms with Crippen molar-refractivity contribution in [3.8, 4) is 0 Å². The van der Waals surface area contributed by atoms with Gasteiger partial charge in [-0.1, -0.05) is 42.5 Å². The molecule has 3 rings (SSSR count). The molecule has 0 spiro atoms. The third kappa shape index (κ3) is 8.96. The normalized spacial score (nSPS) is 14.7. The quantitative estimate of drug-likeness (QED) is 0.212. The summed E-state index contributed by atoms with van der Waals surface area (Å²) in [6.07, 6.45) is 0. The Morgan fingerprint density at radius 1 is 1.03 bits per heavy atom. The molecule has 0 aromatic heterocycles. The molecule has 31 heavy (non-hydrogen) atoms. The first-order valence-electron chi connectivity index (χ1n) is 10.4. The lowest BCUT2D eigenvalue weighted by atomic mass is 10.1. The van der Waals surface area contributed by atoms with Gasteiger partial charge in [0.15, 0.2) is 5.96 Å². The van der Waals surface area contributed by atoms with Gasteiger partial charge < -0.3 is 15.4 Å². The number of nitrogens with one attached hydrogen (secondary N) is 2. The highest BCUT2D eigenvalue weighted by Gasteiger charge is 2.12. The fourth-order valence-electron chi connectivity index (χ4n) is 3.32. The van der Waals surface area contributed by atoms with Crippen molar-refractivity contribution in [2.45, 2.75) is 18.8 Å². The van der Waals surface area contributed by atoms with Crippen LogP contribution < -0.4 is 10.6 Å². The zero-order valence-electron chi connectivity index (χ0n) is 18.0. The topological polar surface area (TPSA) is 48.9 Å². The van der Waals surface area contributed by atoms with E-state index in [9.17, 15) is 4.39 Å². The molecule has 1 fully saturated rings. The first-order chi connectivity index (χ1) is 14.8. The van der Waals surface area contributed by atoms with Crippen molar-refractivity contribution in [1.82, 2.24) is 15.5 Å². The second-order valence-corrected chi connectivity index (χ2v) is 8.26. The van der Waals surface area contributed by atoms with Gasteiger partial charge in [-0.2, -0.15) is 11.8 Å². The number of ether oxygens (including phenoxy) is 1. The van der Waals surface area contributed by atoms with E-state index in [1.165, 1.54) is 17.2 Å². The zero-order valence-corrected chi connectivity index (χ0v) is 21.1. The fraction of sp³-hybridized carbons (Fsp3) is 0.435. The molecule has 1 aliphatic heterocycles. The SMILES string of the molecule is CN=C(NCCSCc1ccccc1F)NCc1ccccc1CN1CCOCC1.I. The van der Waals surface area contributed by atoms with Crippen LogP contribution in [0.5, 0.6) is 0 Å². The lowest BCUT2D eigenvalue weighted by molar-refractivity contribution is 0.0341.